The number of pyridine rings is 1. The molecule has 0 spiro atoms. The molecule has 0 radical (unpaired) electrons. The van der Waals surface area contributed by atoms with Crippen LogP contribution in [0.5, 0.6) is 0 Å². The summed E-state index contributed by atoms with van der Waals surface area (Å²) in [5, 5.41) is 2.53. The first-order chi connectivity index (χ1) is 7.56. The van der Waals surface area contributed by atoms with Crippen LogP contribution in [0.2, 0.25) is 0 Å². The molecule has 88 valence electrons. The maximum atomic E-state index is 13.4. The molecule has 1 aromatic rings. The summed E-state index contributed by atoms with van der Waals surface area (Å²) in [6.45, 7) is 2.09. The molecule has 1 rings (SSSR count). The van der Waals surface area contributed by atoms with E-state index in [0.29, 0.717) is 6.54 Å². The van der Waals surface area contributed by atoms with E-state index >= 15 is 0 Å². The maximum Gasteiger partial charge on any atom is 0.254 e. The number of nitrogen functional groups attached to an aromatic ring is 1. The molecule has 1 amide bonds. The first-order valence-electron chi connectivity index (χ1n) is 4.77. The number of anilines is 1. The van der Waals surface area contributed by atoms with Crippen molar-refractivity contribution in [3.8, 4) is 0 Å². The third-order valence-corrected chi connectivity index (χ3v) is 2.11. The number of ether oxygens (including phenoxy) is 1. The van der Waals surface area contributed by atoms with E-state index in [4.69, 9.17) is 10.5 Å². The van der Waals surface area contributed by atoms with Crippen molar-refractivity contribution < 1.29 is 13.9 Å². The van der Waals surface area contributed by atoms with E-state index in [-0.39, 0.29) is 17.5 Å². The van der Waals surface area contributed by atoms with Crippen molar-refractivity contribution in [1.29, 1.82) is 0 Å². The lowest BCUT2D eigenvalue weighted by molar-refractivity contribution is 0.0867. The van der Waals surface area contributed by atoms with E-state index in [0.717, 1.165) is 0 Å². The van der Waals surface area contributed by atoms with Gasteiger partial charge in [0.25, 0.3) is 5.91 Å². The summed E-state index contributed by atoms with van der Waals surface area (Å²) < 4.78 is 18.3. The predicted octanol–water partition coefficient (Wildman–Crippen LogP) is 0.568. The highest BCUT2D eigenvalue weighted by Gasteiger charge is 2.14. The number of carbonyl (C=O) groups excluding carboxylic acids is 1. The molecule has 0 bridgehead atoms. The van der Waals surface area contributed by atoms with Crippen LogP contribution < -0.4 is 11.1 Å². The van der Waals surface area contributed by atoms with Gasteiger partial charge in [-0.25, -0.2) is 9.37 Å². The van der Waals surface area contributed by atoms with Crippen LogP contribution in [0.15, 0.2) is 12.3 Å². The van der Waals surface area contributed by atoms with Gasteiger partial charge in [-0.2, -0.15) is 0 Å². The molecule has 1 unspecified atom stereocenters. The summed E-state index contributed by atoms with van der Waals surface area (Å²) in [4.78, 5) is 15.1. The monoisotopic (exact) mass is 227 g/mol. The molecular formula is C10H14FN3O2. The number of nitrogens with one attached hydrogen (secondary N) is 1. The van der Waals surface area contributed by atoms with Crippen LogP contribution >= 0.6 is 0 Å². The number of amides is 1. The Labute approximate surface area is 92.8 Å². The highest BCUT2D eigenvalue weighted by Crippen LogP contribution is 2.11. The van der Waals surface area contributed by atoms with Crippen LogP contribution in [-0.2, 0) is 4.74 Å². The number of rotatable bonds is 4. The Morgan fingerprint density at radius 1 is 1.75 bits per heavy atom. The second kappa shape index (κ2) is 5.41. The van der Waals surface area contributed by atoms with Crippen molar-refractivity contribution in [2.75, 3.05) is 19.4 Å². The highest BCUT2D eigenvalue weighted by atomic mass is 19.1. The quantitative estimate of drug-likeness (QED) is 0.788. The molecular weight excluding hydrogens is 213 g/mol. The van der Waals surface area contributed by atoms with Gasteiger partial charge in [-0.15, -0.1) is 0 Å². The van der Waals surface area contributed by atoms with Gasteiger partial charge in [0.15, 0.2) is 11.6 Å². The summed E-state index contributed by atoms with van der Waals surface area (Å²) >= 11 is 0. The Kier molecular flexibility index (Phi) is 4.19. The molecule has 0 saturated heterocycles. The fourth-order valence-corrected chi connectivity index (χ4v) is 1.05. The van der Waals surface area contributed by atoms with E-state index in [1.54, 1.807) is 6.92 Å². The molecule has 1 heterocycles. The number of halogens is 1. The molecule has 0 aliphatic rings. The van der Waals surface area contributed by atoms with Crippen molar-refractivity contribution in [3.05, 3.63) is 23.6 Å². The molecule has 0 aliphatic carbocycles. The Morgan fingerprint density at radius 2 is 2.44 bits per heavy atom. The van der Waals surface area contributed by atoms with E-state index in [1.165, 1.54) is 19.4 Å². The Bertz CT molecular complexity index is 384. The lowest BCUT2D eigenvalue weighted by Gasteiger charge is -2.11. The van der Waals surface area contributed by atoms with Crippen LogP contribution in [0.4, 0.5) is 10.2 Å². The summed E-state index contributed by atoms with van der Waals surface area (Å²) in [5.74, 6) is -1.62. The van der Waals surface area contributed by atoms with Gasteiger partial charge in [-0.05, 0) is 13.0 Å². The first-order valence-corrected chi connectivity index (χ1v) is 4.77. The molecule has 0 fully saturated rings. The largest absolute Gasteiger partial charge is 0.381 e. The van der Waals surface area contributed by atoms with Gasteiger partial charge in [-0.3, -0.25) is 4.79 Å². The van der Waals surface area contributed by atoms with Crippen LogP contribution in [0, 0.1) is 5.82 Å². The number of aromatic nitrogens is 1. The third-order valence-electron chi connectivity index (χ3n) is 2.11. The fourth-order valence-electron chi connectivity index (χ4n) is 1.05. The summed E-state index contributed by atoms with van der Waals surface area (Å²) in [7, 11) is 1.53. The van der Waals surface area contributed by atoms with Crippen molar-refractivity contribution >= 4 is 11.7 Å². The second-order valence-corrected chi connectivity index (χ2v) is 3.31. The number of hydrogen-bond acceptors (Lipinski definition) is 4. The lowest BCUT2D eigenvalue weighted by atomic mass is 10.2. The summed E-state index contributed by atoms with van der Waals surface area (Å²) in [6, 6.07) is 1.28. The van der Waals surface area contributed by atoms with E-state index in [9.17, 15) is 9.18 Å². The van der Waals surface area contributed by atoms with Crippen LogP contribution in [0.3, 0.4) is 0 Å². The van der Waals surface area contributed by atoms with Gasteiger partial charge in [0.1, 0.15) is 0 Å². The molecule has 1 aromatic heterocycles. The Morgan fingerprint density at radius 3 is 3.06 bits per heavy atom. The summed E-state index contributed by atoms with van der Waals surface area (Å²) in [5.41, 5.74) is 5.13. The minimum Gasteiger partial charge on any atom is -0.381 e. The van der Waals surface area contributed by atoms with Gasteiger partial charge in [0.2, 0.25) is 0 Å². The number of carbonyl (C=O) groups is 1. The molecule has 3 N–H and O–H groups in total. The Hall–Kier alpha value is -1.69. The van der Waals surface area contributed by atoms with Crippen molar-refractivity contribution in [2.45, 2.75) is 13.0 Å². The van der Waals surface area contributed by atoms with Crippen molar-refractivity contribution in [1.82, 2.24) is 10.3 Å². The minimum absolute atomic E-state index is 0.115. The smallest absolute Gasteiger partial charge is 0.254 e. The molecule has 0 aliphatic heterocycles. The number of hydrogen-bond donors (Lipinski definition) is 2. The first kappa shape index (κ1) is 12.4. The van der Waals surface area contributed by atoms with Gasteiger partial charge in [-0.1, -0.05) is 0 Å². The predicted molar refractivity (Wildman–Crippen MR) is 57.4 cm³/mol. The van der Waals surface area contributed by atoms with Crippen LogP contribution in [0.25, 0.3) is 0 Å². The second-order valence-electron chi connectivity index (χ2n) is 3.31. The average molecular weight is 227 g/mol. The zero-order valence-corrected chi connectivity index (χ0v) is 9.16. The van der Waals surface area contributed by atoms with Crippen molar-refractivity contribution in [2.24, 2.45) is 0 Å². The molecule has 6 heteroatoms. The number of methoxy groups -OCH3 is 1. The fraction of sp³-hybridized carbons (Fsp3) is 0.400. The maximum absolute atomic E-state index is 13.4. The lowest BCUT2D eigenvalue weighted by Crippen LogP contribution is -2.32. The standard InChI is InChI=1S/C10H14FN3O2/c1-6(16-2)5-14-10(15)7-3-4-13-9(12)8(7)11/h3-4,6H,5H2,1-2H3,(H2,12,13)(H,14,15). The zero-order chi connectivity index (χ0) is 12.1. The van der Waals surface area contributed by atoms with Crippen LogP contribution in [-0.4, -0.2) is 30.6 Å². The van der Waals surface area contributed by atoms with Crippen LogP contribution in [0.1, 0.15) is 17.3 Å². The Balaban J connectivity index is 2.70. The highest BCUT2D eigenvalue weighted by molar-refractivity contribution is 5.95. The molecule has 0 saturated carbocycles. The minimum atomic E-state index is -0.801. The molecule has 1 atom stereocenters. The summed E-state index contributed by atoms with van der Waals surface area (Å²) in [6.07, 6.45) is 1.15. The van der Waals surface area contributed by atoms with Gasteiger partial charge in [0.05, 0.1) is 11.7 Å². The number of nitrogens with two attached hydrogens (primary N) is 1. The average Bonchev–Trinajstić information content (AvgIpc) is 2.29. The van der Waals surface area contributed by atoms with Gasteiger partial charge in [0, 0.05) is 19.9 Å². The van der Waals surface area contributed by atoms with Crippen molar-refractivity contribution in [3.63, 3.8) is 0 Å². The van der Waals surface area contributed by atoms with Gasteiger partial charge >= 0.3 is 0 Å². The molecule has 16 heavy (non-hydrogen) atoms. The number of nitrogens with zero attached hydrogens (tertiary/aromatic N) is 1. The van der Waals surface area contributed by atoms with Gasteiger partial charge < -0.3 is 15.8 Å². The normalized spacial score (nSPS) is 12.2. The topological polar surface area (TPSA) is 77.2 Å². The van der Waals surface area contributed by atoms with E-state index < -0.39 is 11.7 Å². The zero-order valence-electron chi connectivity index (χ0n) is 9.16. The molecule has 0 aromatic carbocycles. The van der Waals surface area contributed by atoms with E-state index in [1.807, 2.05) is 0 Å². The SMILES string of the molecule is COC(C)CNC(=O)c1ccnc(N)c1F. The molecule has 5 nitrogen and oxygen atoms in total. The van der Waals surface area contributed by atoms with E-state index in [2.05, 4.69) is 10.3 Å². The third kappa shape index (κ3) is 2.90.